The van der Waals surface area contributed by atoms with Crippen LogP contribution in [0.5, 0.6) is 5.75 Å². The van der Waals surface area contributed by atoms with Crippen LogP contribution in [0.2, 0.25) is 0 Å². The van der Waals surface area contributed by atoms with Crippen LogP contribution >= 0.6 is 0 Å². The number of hydrogen-bond acceptors (Lipinski definition) is 4. The van der Waals surface area contributed by atoms with Gasteiger partial charge >= 0.3 is 5.97 Å². The predicted molar refractivity (Wildman–Crippen MR) is 91.9 cm³/mol. The van der Waals surface area contributed by atoms with Crippen molar-refractivity contribution in [3.8, 4) is 5.75 Å². The fourth-order valence-electron chi connectivity index (χ4n) is 2.91. The summed E-state index contributed by atoms with van der Waals surface area (Å²) >= 11 is 0. The first kappa shape index (κ1) is 18.3. The second kappa shape index (κ2) is 8.71. The minimum absolute atomic E-state index is 0.191. The van der Waals surface area contributed by atoms with Crippen LogP contribution in [0.4, 0.5) is 0 Å². The molecule has 1 aromatic carbocycles. The van der Waals surface area contributed by atoms with E-state index in [1.165, 1.54) is 12.0 Å². The zero-order valence-corrected chi connectivity index (χ0v) is 14.8. The van der Waals surface area contributed by atoms with Gasteiger partial charge in [-0.1, -0.05) is 25.8 Å². The summed E-state index contributed by atoms with van der Waals surface area (Å²) in [7, 11) is 0. The second-order valence-corrected chi connectivity index (χ2v) is 6.63. The minimum atomic E-state index is -0.542. The van der Waals surface area contributed by atoms with Crippen LogP contribution < -0.4 is 10.1 Å². The lowest BCUT2D eigenvalue weighted by Gasteiger charge is -2.29. The summed E-state index contributed by atoms with van der Waals surface area (Å²) < 4.78 is 10.4. The first-order valence-corrected chi connectivity index (χ1v) is 8.60. The standard InChI is InChI=1S/C19H27NO4/c1-13-8-9-16(10-15(13)3)23-12-19(22)24-11-18(21)20-17-7-5-4-6-14(17)2/h8-10,14,17H,4-7,11-12H2,1-3H3,(H,20,21)/t14-,17+/m0/s1. The van der Waals surface area contributed by atoms with Crippen LogP contribution in [0, 0.1) is 19.8 Å². The average molecular weight is 333 g/mol. The smallest absolute Gasteiger partial charge is 0.344 e. The molecule has 1 N–H and O–H groups in total. The highest BCUT2D eigenvalue weighted by atomic mass is 16.6. The Balaban J connectivity index is 1.68. The first-order valence-electron chi connectivity index (χ1n) is 8.60. The maximum absolute atomic E-state index is 11.9. The molecule has 1 aliphatic carbocycles. The summed E-state index contributed by atoms with van der Waals surface area (Å²) in [5.74, 6) is 0.315. The lowest BCUT2D eigenvalue weighted by molar-refractivity contribution is -0.150. The normalized spacial score (nSPS) is 20.3. The Hall–Kier alpha value is -2.04. The molecule has 1 aromatic rings. The monoisotopic (exact) mass is 333 g/mol. The van der Waals surface area contributed by atoms with Gasteiger partial charge in [0.15, 0.2) is 13.2 Å². The molecule has 132 valence electrons. The molecule has 2 rings (SSSR count). The Morgan fingerprint density at radius 3 is 2.58 bits per heavy atom. The van der Waals surface area contributed by atoms with Crippen molar-refractivity contribution in [2.45, 2.75) is 52.5 Å². The number of rotatable bonds is 6. The van der Waals surface area contributed by atoms with Gasteiger partial charge in [-0.05, 0) is 55.9 Å². The van der Waals surface area contributed by atoms with Crippen LogP contribution in [0.25, 0.3) is 0 Å². The Kier molecular flexibility index (Phi) is 6.64. The van der Waals surface area contributed by atoms with Gasteiger partial charge in [-0.3, -0.25) is 4.79 Å². The highest BCUT2D eigenvalue weighted by Gasteiger charge is 2.23. The van der Waals surface area contributed by atoms with Crippen LogP contribution in [0.1, 0.15) is 43.7 Å². The Bertz CT molecular complexity index is 585. The number of carbonyl (C=O) groups excluding carboxylic acids is 2. The molecular weight excluding hydrogens is 306 g/mol. The lowest BCUT2D eigenvalue weighted by Crippen LogP contribution is -2.43. The van der Waals surface area contributed by atoms with Crippen molar-refractivity contribution in [2.24, 2.45) is 5.92 Å². The molecule has 0 spiro atoms. The van der Waals surface area contributed by atoms with Crippen molar-refractivity contribution >= 4 is 11.9 Å². The first-order chi connectivity index (χ1) is 11.5. The molecule has 0 aromatic heterocycles. The predicted octanol–water partition coefficient (Wildman–Crippen LogP) is 2.92. The van der Waals surface area contributed by atoms with Crippen LogP contribution in [0.3, 0.4) is 0 Å². The fraction of sp³-hybridized carbons (Fsp3) is 0.579. The number of nitrogens with one attached hydrogen (secondary N) is 1. The molecule has 0 unspecified atom stereocenters. The van der Waals surface area contributed by atoms with Gasteiger partial charge < -0.3 is 14.8 Å². The van der Waals surface area contributed by atoms with Gasteiger partial charge in [0.2, 0.25) is 0 Å². The topological polar surface area (TPSA) is 64.6 Å². The number of aryl methyl sites for hydroxylation is 2. The van der Waals surface area contributed by atoms with Gasteiger partial charge in [0.05, 0.1) is 0 Å². The minimum Gasteiger partial charge on any atom is -0.482 e. The van der Waals surface area contributed by atoms with Crippen molar-refractivity contribution in [3.05, 3.63) is 29.3 Å². The van der Waals surface area contributed by atoms with Crippen molar-refractivity contribution in [3.63, 3.8) is 0 Å². The Morgan fingerprint density at radius 1 is 1.12 bits per heavy atom. The highest BCUT2D eigenvalue weighted by molar-refractivity contribution is 5.81. The second-order valence-electron chi connectivity index (χ2n) is 6.63. The number of benzene rings is 1. The van der Waals surface area contributed by atoms with E-state index < -0.39 is 5.97 Å². The van der Waals surface area contributed by atoms with E-state index in [0.29, 0.717) is 11.7 Å². The molecule has 1 saturated carbocycles. The summed E-state index contributed by atoms with van der Waals surface area (Å²) in [4.78, 5) is 23.6. The highest BCUT2D eigenvalue weighted by Crippen LogP contribution is 2.23. The van der Waals surface area contributed by atoms with Gasteiger partial charge in [-0.2, -0.15) is 0 Å². The molecule has 1 fully saturated rings. The average Bonchev–Trinajstić information content (AvgIpc) is 2.56. The summed E-state index contributed by atoms with van der Waals surface area (Å²) in [6, 6.07) is 5.82. The number of amides is 1. The van der Waals surface area contributed by atoms with Gasteiger partial charge in [-0.15, -0.1) is 0 Å². The van der Waals surface area contributed by atoms with E-state index in [-0.39, 0.29) is 25.2 Å². The van der Waals surface area contributed by atoms with E-state index in [2.05, 4.69) is 12.2 Å². The van der Waals surface area contributed by atoms with E-state index in [1.54, 1.807) is 0 Å². The molecule has 24 heavy (non-hydrogen) atoms. The third-order valence-corrected chi connectivity index (χ3v) is 4.66. The summed E-state index contributed by atoms with van der Waals surface area (Å²) in [5.41, 5.74) is 2.26. The molecular formula is C19H27NO4. The van der Waals surface area contributed by atoms with Crippen molar-refractivity contribution in [2.75, 3.05) is 13.2 Å². The van der Waals surface area contributed by atoms with Crippen LogP contribution in [0.15, 0.2) is 18.2 Å². The number of carbonyl (C=O) groups is 2. The van der Waals surface area contributed by atoms with E-state index in [1.807, 2.05) is 32.0 Å². The largest absolute Gasteiger partial charge is 0.482 e. The Labute approximate surface area is 143 Å². The molecule has 2 atom stereocenters. The molecule has 0 bridgehead atoms. The molecule has 5 heteroatoms. The molecule has 1 aliphatic rings. The van der Waals surface area contributed by atoms with E-state index in [4.69, 9.17) is 9.47 Å². The summed E-state index contributed by atoms with van der Waals surface area (Å²) in [6.07, 6.45) is 4.49. The maximum atomic E-state index is 11.9. The van der Waals surface area contributed by atoms with Crippen molar-refractivity contribution in [1.29, 1.82) is 0 Å². The zero-order chi connectivity index (χ0) is 17.5. The number of ether oxygens (including phenoxy) is 2. The van der Waals surface area contributed by atoms with E-state index >= 15 is 0 Å². The number of hydrogen-bond donors (Lipinski definition) is 1. The van der Waals surface area contributed by atoms with Crippen LogP contribution in [-0.4, -0.2) is 31.1 Å². The van der Waals surface area contributed by atoms with Gasteiger partial charge in [0.1, 0.15) is 5.75 Å². The quantitative estimate of drug-likeness (QED) is 0.813. The molecule has 0 saturated heterocycles. The third kappa shape index (κ3) is 5.55. The van der Waals surface area contributed by atoms with Gasteiger partial charge in [-0.25, -0.2) is 4.79 Å². The SMILES string of the molecule is Cc1ccc(OCC(=O)OCC(=O)N[C@@H]2CCCC[C@@H]2C)cc1C. The molecule has 0 heterocycles. The third-order valence-electron chi connectivity index (χ3n) is 4.66. The molecule has 0 radical (unpaired) electrons. The lowest BCUT2D eigenvalue weighted by atomic mass is 9.86. The van der Waals surface area contributed by atoms with Gasteiger partial charge in [0.25, 0.3) is 5.91 Å². The zero-order valence-electron chi connectivity index (χ0n) is 14.8. The fourth-order valence-corrected chi connectivity index (χ4v) is 2.91. The van der Waals surface area contributed by atoms with E-state index in [9.17, 15) is 9.59 Å². The summed E-state index contributed by atoms with van der Waals surface area (Å²) in [5, 5.41) is 2.95. The van der Waals surface area contributed by atoms with Crippen LogP contribution in [-0.2, 0) is 14.3 Å². The molecule has 5 nitrogen and oxygen atoms in total. The number of esters is 1. The summed E-state index contributed by atoms with van der Waals surface area (Å²) in [6.45, 7) is 5.69. The van der Waals surface area contributed by atoms with Crippen molar-refractivity contribution < 1.29 is 19.1 Å². The Morgan fingerprint density at radius 2 is 1.88 bits per heavy atom. The molecule has 1 amide bonds. The maximum Gasteiger partial charge on any atom is 0.344 e. The van der Waals surface area contributed by atoms with Gasteiger partial charge in [0, 0.05) is 6.04 Å². The van der Waals surface area contributed by atoms with Crippen molar-refractivity contribution in [1.82, 2.24) is 5.32 Å². The van der Waals surface area contributed by atoms with E-state index in [0.717, 1.165) is 24.8 Å². The molecule has 0 aliphatic heterocycles.